The van der Waals surface area contributed by atoms with Gasteiger partial charge in [0.25, 0.3) is 0 Å². The zero-order valence-corrected chi connectivity index (χ0v) is 8.85. The third kappa shape index (κ3) is 2.30. The third-order valence-corrected chi connectivity index (χ3v) is 1.95. The number of nitrogens with two attached hydrogens (primary N) is 1. The minimum absolute atomic E-state index is 0.136. The maximum absolute atomic E-state index is 13.4. The molecule has 0 atom stereocenters. The highest BCUT2D eigenvalue weighted by Crippen LogP contribution is 2.19. The highest BCUT2D eigenvalue weighted by Gasteiger charge is 2.10. The largest absolute Gasteiger partial charge is 0.368 e. The number of aromatic nitrogens is 3. The molecule has 6 nitrogen and oxygen atoms in total. The monoisotopic (exact) mass is 248 g/mol. The topological polar surface area (TPSA) is 101 Å². The van der Waals surface area contributed by atoms with Gasteiger partial charge in [-0.15, -0.1) is 0 Å². The summed E-state index contributed by atoms with van der Waals surface area (Å²) < 4.78 is 26.3. The minimum Gasteiger partial charge on any atom is -0.368 e. The van der Waals surface area contributed by atoms with Gasteiger partial charge in [0.2, 0.25) is 17.7 Å². The highest BCUT2D eigenvalue weighted by atomic mass is 19.2. The Balaban J connectivity index is 2.37. The first-order valence-corrected chi connectivity index (χ1v) is 4.73. The van der Waals surface area contributed by atoms with Crippen LogP contribution in [0.5, 0.6) is 0 Å². The third-order valence-electron chi connectivity index (χ3n) is 1.95. The highest BCUT2D eigenvalue weighted by molar-refractivity contribution is 5.55. The van der Waals surface area contributed by atoms with Crippen LogP contribution in [0.4, 0.5) is 26.4 Å². The molecular weight excluding hydrogens is 242 g/mol. The van der Waals surface area contributed by atoms with E-state index in [4.69, 9.17) is 11.0 Å². The Kier molecular flexibility index (Phi) is 2.97. The van der Waals surface area contributed by atoms with Crippen LogP contribution in [0.15, 0.2) is 18.2 Å². The summed E-state index contributed by atoms with van der Waals surface area (Å²) >= 11 is 0. The van der Waals surface area contributed by atoms with Gasteiger partial charge in [-0.3, -0.25) is 0 Å². The van der Waals surface area contributed by atoms with Crippen LogP contribution in [0, 0.1) is 23.0 Å². The van der Waals surface area contributed by atoms with Crippen LogP contribution in [-0.2, 0) is 0 Å². The number of hydrogen-bond acceptors (Lipinski definition) is 6. The molecule has 8 heteroatoms. The second kappa shape index (κ2) is 4.58. The van der Waals surface area contributed by atoms with Gasteiger partial charge in [0, 0.05) is 0 Å². The van der Waals surface area contributed by atoms with Crippen molar-refractivity contribution in [2.24, 2.45) is 0 Å². The van der Waals surface area contributed by atoms with Crippen molar-refractivity contribution in [2.45, 2.75) is 0 Å². The summed E-state index contributed by atoms with van der Waals surface area (Å²) in [5.74, 6) is -2.64. The van der Waals surface area contributed by atoms with E-state index in [1.54, 1.807) is 6.07 Å². The first-order valence-electron chi connectivity index (χ1n) is 4.73. The molecule has 0 spiro atoms. The Labute approximate surface area is 100 Å². The lowest BCUT2D eigenvalue weighted by atomic mass is 10.3. The molecular formula is C10H6F2N6. The van der Waals surface area contributed by atoms with Crippen LogP contribution in [0.3, 0.4) is 0 Å². The van der Waals surface area contributed by atoms with Gasteiger partial charge in [-0.05, 0) is 12.1 Å². The van der Waals surface area contributed by atoms with Crippen molar-refractivity contribution in [1.82, 2.24) is 15.0 Å². The number of halogens is 2. The van der Waals surface area contributed by atoms with Crippen LogP contribution in [0.2, 0.25) is 0 Å². The summed E-state index contributed by atoms with van der Waals surface area (Å²) in [4.78, 5) is 10.8. The Hall–Kier alpha value is -2.82. The Morgan fingerprint density at radius 1 is 1.22 bits per heavy atom. The second-order valence-corrected chi connectivity index (χ2v) is 3.18. The van der Waals surface area contributed by atoms with E-state index in [9.17, 15) is 8.78 Å². The predicted molar refractivity (Wildman–Crippen MR) is 58.6 cm³/mol. The van der Waals surface area contributed by atoms with E-state index in [1.165, 1.54) is 12.1 Å². The molecule has 0 fully saturated rings. The Bertz CT molecular complexity index is 637. The standard InChI is InChI=1S/C10H6F2N6/c11-5-2-1-3-6(8(5)12)15-10-17-7(4-13)16-9(14)18-10/h1-3H,(H3,14,15,16,17,18). The fraction of sp³-hybridized carbons (Fsp3) is 0. The van der Waals surface area contributed by atoms with Crippen LogP contribution in [0.1, 0.15) is 5.82 Å². The molecule has 0 radical (unpaired) electrons. The van der Waals surface area contributed by atoms with Crippen LogP contribution >= 0.6 is 0 Å². The summed E-state index contributed by atoms with van der Waals surface area (Å²) in [7, 11) is 0. The van der Waals surface area contributed by atoms with Crippen molar-refractivity contribution in [2.75, 3.05) is 11.1 Å². The molecule has 1 heterocycles. The van der Waals surface area contributed by atoms with E-state index < -0.39 is 11.6 Å². The van der Waals surface area contributed by atoms with Gasteiger partial charge in [-0.2, -0.15) is 20.2 Å². The second-order valence-electron chi connectivity index (χ2n) is 3.18. The van der Waals surface area contributed by atoms with Crippen LogP contribution in [-0.4, -0.2) is 15.0 Å². The van der Waals surface area contributed by atoms with Gasteiger partial charge in [0.15, 0.2) is 11.6 Å². The van der Waals surface area contributed by atoms with Gasteiger partial charge in [-0.25, -0.2) is 8.78 Å². The van der Waals surface area contributed by atoms with E-state index in [1.807, 2.05) is 0 Å². The molecule has 0 unspecified atom stereocenters. The normalized spacial score (nSPS) is 9.83. The smallest absolute Gasteiger partial charge is 0.238 e. The average Bonchev–Trinajstić information content (AvgIpc) is 2.34. The SMILES string of the molecule is N#Cc1nc(N)nc(Nc2cccc(F)c2F)n1. The van der Waals surface area contributed by atoms with Gasteiger partial charge in [0.05, 0.1) is 5.69 Å². The lowest BCUT2D eigenvalue weighted by Crippen LogP contribution is -2.06. The molecule has 0 aliphatic carbocycles. The van der Waals surface area contributed by atoms with Crippen molar-refractivity contribution < 1.29 is 8.78 Å². The number of nitrogens with zero attached hydrogens (tertiary/aromatic N) is 4. The van der Waals surface area contributed by atoms with E-state index in [0.29, 0.717) is 0 Å². The first-order chi connectivity index (χ1) is 8.60. The number of hydrogen-bond donors (Lipinski definition) is 2. The van der Waals surface area contributed by atoms with Gasteiger partial charge in [-0.1, -0.05) is 6.07 Å². The first kappa shape index (κ1) is 11.7. The van der Waals surface area contributed by atoms with Crippen molar-refractivity contribution in [3.8, 4) is 6.07 Å². The van der Waals surface area contributed by atoms with E-state index in [0.717, 1.165) is 6.07 Å². The molecule has 0 aliphatic heterocycles. The molecule has 18 heavy (non-hydrogen) atoms. The van der Waals surface area contributed by atoms with Crippen molar-refractivity contribution >= 4 is 17.6 Å². The van der Waals surface area contributed by atoms with Gasteiger partial charge in [0.1, 0.15) is 6.07 Å². The lowest BCUT2D eigenvalue weighted by molar-refractivity contribution is 0.511. The van der Waals surface area contributed by atoms with Crippen LogP contribution in [0.25, 0.3) is 0 Å². The van der Waals surface area contributed by atoms with Crippen molar-refractivity contribution in [3.63, 3.8) is 0 Å². The van der Waals surface area contributed by atoms with Gasteiger partial charge >= 0.3 is 0 Å². The zero-order valence-electron chi connectivity index (χ0n) is 8.85. The maximum Gasteiger partial charge on any atom is 0.238 e. The minimum atomic E-state index is -1.07. The molecule has 2 rings (SSSR count). The van der Waals surface area contributed by atoms with E-state index >= 15 is 0 Å². The number of benzene rings is 1. The molecule has 0 bridgehead atoms. The maximum atomic E-state index is 13.4. The summed E-state index contributed by atoms with van der Waals surface area (Å²) in [5.41, 5.74) is 5.17. The van der Waals surface area contributed by atoms with Crippen molar-refractivity contribution in [1.29, 1.82) is 5.26 Å². The van der Waals surface area contributed by atoms with E-state index in [2.05, 4.69) is 20.3 Å². The number of nitrogen functional groups attached to an aromatic ring is 1. The molecule has 1 aromatic carbocycles. The van der Waals surface area contributed by atoms with Crippen LogP contribution < -0.4 is 11.1 Å². The molecule has 3 N–H and O–H groups in total. The molecule has 2 aromatic rings. The number of anilines is 3. The quantitative estimate of drug-likeness (QED) is 0.831. The summed E-state index contributed by atoms with van der Waals surface area (Å²) in [5, 5.41) is 11.1. The fourth-order valence-electron chi connectivity index (χ4n) is 1.22. The number of rotatable bonds is 2. The molecule has 90 valence electrons. The van der Waals surface area contributed by atoms with E-state index in [-0.39, 0.29) is 23.4 Å². The molecule has 1 aromatic heterocycles. The predicted octanol–water partition coefficient (Wildman–Crippen LogP) is 1.35. The molecule has 0 saturated carbocycles. The summed E-state index contributed by atoms with van der Waals surface area (Å²) in [6.07, 6.45) is 0. The molecule has 0 saturated heterocycles. The lowest BCUT2D eigenvalue weighted by Gasteiger charge is -2.06. The number of nitrogens with one attached hydrogen (secondary N) is 1. The van der Waals surface area contributed by atoms with Crippen molar-refractivity contribution in [3.05, 3.63) is 35.7 Å². The number of nitriles is 1. The molecule has 0 aliphatic rings. The Morgan fingerprint density at radius 2 is 2.00 bits per heavy atom. The average molecular weight is 248 g/mol. The summed E-state index contributed by atoms with van der Waals surface area (Å²) in [6, 6.07) is 5.26. The Morgan fingerprint density at radius 3 is 2.72 bits per heavy atom. The molecule has 0 amide bonds. The fourth-order valence-corrected chi connectivity index (χ4v) is 1.22. The summed E-state index contributed by atoms with van der Waals surface area (Å²) in [6.45, 7) is 0. The zero-order chi connectivity index (χ0) is 13.1. The van der Waals surface area contributed by atoms with Gasteiger partial charge < -0.3 is 11.1 Å².